The van der Waals surface area contributed by atoms with Gasteiger partial charge in [0.05, 0.1) is 18.5 Å². The molecule has 1 aromatic rings. The number of pyridine rings is 1. The van der Waals surface area contributed by atoms with Gasteiger partial charge in [0.25, 0.3) is 0 Å². The Morgan fingerprint density at radius 1 is 1.44 bits per heavy atom. The Balaban J connectivity index is 2.31. The molecule has 0 spiro atoms. The molecule has 4 nitrogen and oxygen atoms in total. The van der Waals surface area contributed by atoms with Crippen LogP contribution in [0.2, 0.25) is 0 Å². The van der Waals surface area contributed by atoms with Gasteiger partial charge in [0.1, 0.15) is 12.4 Å². The van der Waals surface area contributed by atoms with Gasteiger partial charge < -0.3 is 14.8 Å². The van der Waals surface area contributed by atoms with E-state index in [9.17, 15) is 0 Å². The van der Waals surface area contributed by atoms with Crippen LogP contribution in [-0.4, -0.2) is 31.9 Å². The molecule has 0 unspecified atom stereocenters. The van der Waals surface area contributed by atoms with Crippen LogP contribution in [0.4, 0.5) is 0 Å². The number of methoxy groups -OCH3 is 1. The summed E-state index contributed by atoms with van der Waals surface area (Å²) in [6.07, 6.45) is 2.69. The van der Waals surface area contributed by atoms with Gasteiger partial charge in [-0.1, -0.05) is 13.5 Å². The first kappa shape index (κ1) is 14.7. The zero-order chi connectivity index (χ0) is 13.2. The van der Waals surface area contributed by atoms with E-state index in [0.29, 0.717) is 13.2 Å². The zero-order valence-corrected chi connectivity index (χ0v) is 11.2. The summed E-state index contributed by atoms with van der Waals surface area (Å²) < 4.78 is 10.5. The molecule has 0 amide bonds. The van der Waals surface area contributed by atoms with E-state index in [4.69, 9.17) is 9.47 Å². The molecule has 0 saturated carbocycles. The first-order valence-corrected chi connectivity index (χ1v) is 6.20. The van der Waals surface area contributed by atoms with Gasteiger partial charge in [-0.15, -0.1) is 0 Å². The van der Waals surface area contributed by atoms with Gasteiger partial charge in [-0.05, 0) is 24.1 Å². The number of hydrogen-bond donors (Lipinski definition) is 1. The standard InChI is InChI=1S/C14H22N2O2/c1-4-12(2)11-18-14-6-5-13(16-10-14)9-15-7-8-17-3/h5-6,10,15H,2,4,7-9,11H2,1,3H3. The maximum Gasteiger partial charge on any atom is 0.138 e. The third-order valence-electron chi connectivity index (χ3n) is 2.53. The number of nitrogens with one attached hydrogen (secondary N) is 1. The highest BCUT2D eigenvalue weighted by atomic mass is 16.5. The number of hydrogen-bond acceptors (Lipinski definition) is 4. The van der Waals surface area contributed by atoms with Crippen LogP contribution in [0.3, 0.4) is 0 Å². The molecular weight excluding hydrogens is 228 g/mol. The SMILES string of the molecule is C=C(CC)COc1ccc(CNCCOC)nc1. The summed E-state index contributed by atoms with van der Waals surface area (Å²) in [7, 11) is 1.69. The molecule has 1 N–H and O–H groups in total. The van der Waals surface area contributed by atoms with Gasteiger partial charge in [0, 0.05) is 20.2 Å². The van der Waals surface area contributed by atoms with Crippen LogP contribution in [0.5, 0.6) is 5.75 Å². The van der Waals surface area contributed by atoms with Crippen LogP contribution in [0, 0.1) is 0 Å². The Morgan fingerprint density at radius 3 is 2.89 bits per heavy atom. The van der Waals surface area contributed by atoms with Crippen molar-refractivity contribution in [3.8, 4) is 5.75 Å². The molecule has 0 aliphatic heterocycles. The van der Waals surface area contributed by atoms with E-state index in [1.165, 1.54) is 0 Å². The van der Waals surface area contributed by atoms with Gasteiger partial charge >= 0.3 is 0 Å². The van der Waals surface area contributed by atoms with Crippen LogP contribution in [0.15, 0.2) is 30.5 Å². The summed E-state index contributed by atoms with van der Waals surface area (Å²) in [4.78, 5) is 4.32. The lowest BCUT2D eigenvalue weighted by atomic mass is 10.2. The van der Waals surface area contributed by atoms with E-state index in [2.05, 4.69) is 23.8 Å². The molecule has 0 fully saturated rings. The van der Waals surface area contributed by atoms with Crippen LogP contribution in [0.25, 0.3) is 0 Å². The lowest BCUT2D eigenvalue weighted by Gasteiger charge is -2.08. The highest BCUT2D eigenvalue weighted by Crippen LogP contribution is 2.10. The highest BCUT2D eigenvalue weighted by molar-refractivity contribution is 5.20. The Hall–Kier alpha value is -1.39. The number of aromatic nitrogens is 1. The zero-order valence-electron chi connectivity index (χ0n) is 11.2. The van der Waals surface area contributed by atoms with Gasteiger partial charge in [-0.2, -0.15) is 0 Å². The van der Waals surface area contributed by atoms with Crippen molar-refractivity contribution in [2.45, 2.75) is 19.9 Å². The Bertz CT molecular complexity index is 349. The monoisotopic (exact) mass is 250 g/mol. The summed E-state index contributed by atoms with van der Waals surface area (Å²) in [5.74, 6) is 0.783. The Morgan fingerprint density at radius 2 is 2.28 bits per heavy atom. The Labute approximate surface area is 109 Å². The molecular formula is C14H22N2O2. The van der Waals surface area contributed by atoms with Crippen LogP contribution in [0.1, 0.15) is 19.0 Å². The van der Waals surface area contributed by atoms with Gasteiger partial charge in [-0.25, -0.2) is 0 Å². The average Bonchev–Trinajstić information content (AvgIpc) is 2.42. The highest BCUT2D eigenvalue weighted by Gasteiger charge is 1.98. The molecule has 1 heterocycles. The predicted molar refractivity (Wildman–Crippen MR) is 72.7 cm³/mol. The van der Waals surface area contributed by atoms with Crippen molar-refractivity contribution in [1.82, 2.24) is 10.3 Å². The lowest BCUT2D eigenvalue weighted by Crippen LogP contribution is -2.19. The summed E-state index contributed by atoms with van der Waals surface area (Å²) in [6, 6.07) is 3.90. The quantitative estimate of drug-likeness (QED) is 0.539. The van der Waals surface area contributed by atoms with Crippen LogP contribution < -0.4 is 10.1 Å². The topological polar surface area (TPSA) is 43.4 Å². The molecule has 1 rings (SSSR count). The minimum Gasteiger partial charge on any atom is -0.488 e. The summed E-state index contributed by atoms with van der Waals surface area (Å²) >= 11 is 0. The van der Waals surface area contributed by atoms with E-state index >= 15 is 0 Å². The maximum atomic E-state index is 5.55. The second-order valence-electron chi connectivity index (χ2n) is 4.05. The first-order valence-electron chi connectivity index (χ1n) is 6.20. The smallest absolute Gasteiger partial charge is 0.138 e. The fraction of sp³-hybridized carbons (Fsp3) is 0.500. The van der Waals surface area contributed by atoms with E-state index in [-0.39, 0.29) is 0 Å². The largest absolute Gasteiger partial charge is 0.488 e. The minimum absolute atomic E-state index is 0.559. The fourth-order valence-corrected chi connectivity index (χ4v) is 1.28. The normalized spacial score (nSPS) is 10.3. The summed E-state index contributed by atoms with van der Waals surface area (Å²) in [6.45, 7) is 8.80. The molecule has 0 atom stereocenters. The molecule has 0 bridgehead atoms. The van der Waals surface area contributed by atoms with Gasteiger partial charge in [0.15, 0.2) is 0 Å². The molecule has 0 aromatic carbocycles. The van der Waals surface area contributed by atoms with Crippen molar-refractivity contribution >= 4 is 0 Å². The van der Waals surface area contributed by atoms with Crippen molar-refractivity contribution in [3.63, 3.8) is 0 Å². The molecule has 100 valence electrons. The fourth-order valence-electron chi connectivity index (χ4n) is 1.28. The average molecular weight is 250 g/mol. The molecule has 0 radical (unpaired) electrons. The maximum absolute atomic E-state index is 5.55. The van der Waals surface area contributed by atoms with Crippen molar-refractivity contribution in [2.75, 3.05) is 26.9 Å². The van der Waals surface area contributed by atoms with Gasteiger partial charge in [0.2, 0.25) is 0 Å². The van der Waals surface area contributed by atoms with E-state index in [0.717, 1.165) is 36.5 Å². The van der Waals surface area contributed by atoms with E-state index in [1.54, 1.807) is 13.3 Å². The van der Waals surface area contributed by atoms with Gasteiger partial charge in [-0.3, -0.25) is 4.98 Å². The summed E-state index contributed by atoms with van der Waals surface area (Å²) in [5.41, 5.74) is 2.08. The van der Waals surface area contributed by atoms with Crippen LogP contribution in [-0.2, 0) is 11.3 Å². The lowest BCUT2D eigenvalue weighted by molar-refractivity contribution is 0.199. The van der Waals surface area contributed by atoms with Crippen LogP contribution >= 0.6 is 0 Å². The third-order valence-corrected chi connectivity index (χ3v) is 2.53. The third kappa shape index (κ3) is 5.80. The number of ether oxygens (including phenoxy) is 2. The van der Waals surface area contributed by atoms with Crippen molar-refractivity contribution in [3.05, 3.63) is 36.2 Å². The second kappa shape index (κ2) is 8.66. The van der Waals surface area contributed by atoms with Crippen molar-refractivity contribution in [1.29, 1.82) is 0 Å². The second-order valence-corrected chi connectivity index (χ2v) is 4.05. The molecule has 0 aliphatic carbocycles. The number of rotatable bonds is 9. The van der Waals surface area contributed by atoms with Crippen molar-refractivity contribution < 1.29 is 9.47 Å². The van der Waals surface area contributed by atoms with Crippen molar-refractivity contribution in [2.24, 2.45) is 0 Å². The molecule has 1 aromatic heterocycles. The molecule has 4 heteroatoms. The van der Waals surface area contributed by atoms with E-state index < -0.39 is 0 Å². The summed E-state index contributed by atoms with van der Waals surface area (Å²) in [5, 5.41) is 3.24. The van der Waals surface area contributed by atoms with E-state index in [1.807, 2.05) is 12.1 Å². The first-order chi connectivity index (χ1) is 8.76. The molecule has 0 aliphatic rings. The molecule has 18 heavy (non-hydrogen) atoms. The minimum atomic E-state index is 0.559. The predicted octanol–water partition coefficient (Wildman–Crippen LogP) is 2.16. The molecule has 0 saturated heterocycles. The Kier molecular flexibility index (Phi) is 7.06. The number of nitrogens with zero attached hydrogens (tertiary/aromatic N) is 1.